The summed E-state index contributed by atoms with van der Waals surface area (Å²) in [5.41, 5.74) is 1.96. The monoisotopic (exact) mass is 396 g/mol. The molecule has 0 aliphatic heterocycles. The highest BCUT2D eigenvalue weighted by molar-refractivity contribution is 7.18. The summed E-state index contributed by atoms with van der Waals surface area (Å²) in [4.78, 5) is 28.0. The summed E-state index contributed by atoms with van der Waals surface area (Å²) in [7, 11) is 0. The first-order valence-electron chi connectivity index (χ1n) is 8.51. The Labute approximate surface area is 164 Å². The fourth-order valence-electron chi connectivity index (χ4n) is 3.13. The molecular formula is C21H17ClN2O2S. The predicted octanol–water partition coefficient (Wildman–Crippen LogP) is 4.53. The van der Waals surface area contributed by atoms with Crippen molar-refractivity contribution in [2.45, 2.75) is 20.4 Å². The van der Waals surface area contributed by atoms with Crippen molar-refractivity contribution >= 4 is 33.2 Å². The van der Waals surface area contributed by atoms with E-state index in [0.29, 0.717) is 27.5 Å². The smallest absolute Gasteiger partial charge is 0.280 e. The first-order valence-corrected chi connectivity index (χ1v) is 9.71. The van der Waals surface area contributed by atoms with Crippen molar-refractivity contribution < 1.29 is 0 Å². The van der Waals surface area contributed by atoms with Crippen LogP contribution in [-0.2, 0) is 6.54 Å². The zero-order valence-electron chi connectivity index (χ0n) is 14.9. The Morgan fingerprint density at radius 2 is 1.74 bits per heavy atom. The highest BCUT2D eigenvalue weighted by Gasteiger charge is 2.17. The Hall–Kier alpha value is -2.63. The molecular weight excluding hydrogens is 380 g/mol. The van der Waals surface area contributed by atoms with Gasteiger partial charge in [0.1, 0.15) is 4.83 Å². The van der Waals surface area contributed by atoms with Crippen LogP contribution in [0.25, 0.3) is 15.9 Å². The SMILES string of the molecule is Cc1ccc(Cn2c(=O)n(-c3cccc(Cl)c3)c(=O)c3cc(C)sc32)cc1. The zero-order chi connectivity index (χ0) is 19.1. The van der Waals surface area contributed by atoms with Gasteiger partial charge in [0, 0.05) is 9.90 Å². The Balaban J connectivity index is 2.01. The van der Waals surface area contributed by atoms with E-state index < -0.39 is 0 Å². The van der Waals surface area contributed by atoms with Gasteiger partial charge in [-0.3, -0.25) is 9.36 Å². The highest BCUT2D eigenvalue weighted by Crippen LogP contribution is 2.23. The first-order chi connectivity index (χ1) is 12.9. The Bertz CT molecular complexity index is 1270. The van der Waals surface area contributed by atoms with Crippen molar-refractivity contribution in [3.05, 3.63) is 96.5 Å². The molecule has 0 aliphatic carbocycles. The Morgan fingerprint density at radius 1 is 1.00 bits per heavy atom. The second-order valence-electron chi connectivity index (χ2n) is 6.55. The zero-order valence-corrected chi connectivity index (χ0v) is 16.5. The fourth-order valence-corrected chi connectivity index (χ4v) is 4.30. The molecule has 0 spiro atoms. The second-order valence-corrected chi connectivity index (χ2v) is 8.22. The molecule has 0 fully saturated rings. The number of fused-ring (bicyclic) bond motifs is 1. The summed E-state index contributed by atoms with van der Waals surface area (Å²) in [5.74, 6) is 0. The molecule has 4 nitrogen and oxygen atoms in total. The van der Waals surface area contributed by atoms with Crippen molar-refractivity contribution in [2.75, 3.05) is 0 Å². The number of benzene rings is 2. The molecule has 0 atom stereocenters. The lowest BCUT2D eigenvalue weighted by molar-refractivity contribution is 0.719. The minimum Gasteiger partial charge on any atom is -0.280 e. The van der Waals surface area contributed by atoms with E-state index in [4.69, 9.17) is 11.6 Å². The van der Waals surface area contributed by atoms with Crippen LogP contribution in [0.1, 0.15) is 16.0 Å². The van der Waals surface area contributed by atoms with Gasteiger partial charge in [-0.2, -0.15) is 0 Å². The average molecular weight is 397 g/mol. The van der Waals surface area contributed by atoms with Crippen molar-refractivity contribution in [2.24, 2.45) is 0 Å². The molecule has 4 rings (SSSR count). The minimum absolute atomic E-state index is 0.318. The topological polar surface area (TPSA) is 44.0 Å². The van der Waals surface area contributed by atoms with E-state index in [9.17, 15) is 9.59 Å². The van der Waals surface area contributed by atoms with Gasteiger partial charge in [0.2, 0.25) is 0 Å². The van der Waals surface area contributed by atoms with Gasteiger partial charge in [0.25, 0.3) is 5.56 Å². The molecule has 0 N–H and O–H groups in total. The van der Waals surface area contributed by atoms with Crippen LogP contribution >= 0.6 is 22.9 Å². The molecule has 0 aliphatic rings. The quantitative estimate of drug-likeness (QED) is 0.510. The predicted molar refractivity (Wildman–Crippen MR) is 112 cm³/mol. The third-order valence-corrected chi connectivity index (χ3v) is 5.77. The van der Waals surface area contributed by atoms with Crippen LogP contribution < -0.4 is 11.2 Å². The Kier molecular flexibility index (Phi) is 4.50. The third-order valence-electron chi connectivity index (χ3n) is 4.46. The van der Waals surface area contributed by atoms with Gasteiger partial charge in [-0.05, 0) is 43.7 Å². The molecule has 6 heteroatoms. The summed E-state index contributed by atoms with van der Waals surface area (Å²) >= 11 is 7.54. The number of thiophene rings is 1. The number of aryl methyl sites for hydroxylation is 2. The van der Waals surface area contributed by atoms with E-state index in [0.717, 1.165) is 16.0 Å². The van der Waals surface area contributed by atoms with Crippen LogP contribution in [0.2, 0.25) is 5.02 Å². The lowest BCUT2D eigenvalue weighted by atomic mass is 10.1. The number of nitrogens with zero attached hydrogens (tertiary/aromatic N) is 2. The molecule has 0 saturated heterocycles. The van der Waals surface area contributed by atoms with Gasteiger partial charge in [0.05, 0.1) is 17.6 Å². The van der Waals surface area contributed by atoms with Gasteiger partial charge in [0.15, 0.2) is 0 Å². The van der Waals surface area contributed by atoms with E-state index in [2.05, 4.69) is 0 Å². The van der Waals surface area contributed by atoms with Crippen molar-refractivity contribution in [1.29, 1.82) is 0 Å². The minimum atomic E-state index is -0.364. The molecule has 4 aromatic rings. The van der Waals surface area contributed by atoms with Crippen molar-refractivity contribution in [3.63, 3.8) is 0 Å². The molecule has 0 amide bonds. The molecule has 27 heavy (non-hydrogen) atoms. The van der Waals surface area contributed by atoms with E-state index in [1.54, 1.807) is 28.8 Å². The van der Waals surface area contributed by atoms with Crippen LogP contribution in [0.4, 0.5) is 0 Å². The maximum atomic E-state index is 13.3. The number of hydrogen-bond donors (Lipinski definition) is 0. The van der Waals surface area contributed by atoms with E-state index in [1.165, 1.54) is 15.9 Å². The standard InChI is InChI=1S/C21H17ClN2O2S/c1-13-6-8-15(9-7-13)12-23-20-18(10-14(2)27-20)19(25)24(21(23)26)17-5-3-4-16(22)11-17/h3-11H,12H2,1-2H3. The third kappa shape index (κ3) is 3.24. The molecule has 0 bridgehead atoms. The summed E-state index contributed by atoms with van der Waals surface area (Å²) in [6, 6.07) is 16.7. The molecule has 0 unspecified atom stereocenters. The number of aromatic nitrogens is 2. The summed E-state index contributed by atoms with van der Waals surface area (Å²) in [6.45, 7) is 4.36. The fraction of sp³-hybridized carbons (Fsp3) is 0.143. The summed E-state index contributed by atoms with van der Waals surface area (Å²) < 4.78 is 2.87. The van der Waals surface area contributed by atoms with Gasteiger partial charge in [-0.1, -0.05) is 47.5 Å². The maximum absolute atomic E-state index is 13.3. The summed E-state index contributed by atoms with van der Waals surface area (Å²) in [6.07, 6.45) is 0. The lowest BCUT2D eigenvalue weighted by Gasteiger charge is -2.12. The van der Waals surface area contributed by atoms with E-state index >= 15 is 0 Å². The summed E-state index contributed by atoms with van der Waals surface area (Å²) in [5, 5.41) is 1.02. The Morgan fingerprint density at radius 3 is 2.44 bits per heavy atom. The van der Waals surface area contributed by atoms with Gasteiger partial charge >= 0.3 is 5.69 Å². The average Bonchev–Trinajstić information content (AvgIpc) is 3.02. The van der Waals surface area contributed by atoms with Crippen molar-refractivity contribution in [3.8, 4) is 5.69 Å². The van der Waals surface area contributed by atoms with Crippen LogP contribution in [0.5, 0.6) is 0 Å². The normalized spacial score (nSPS) is 11.2. The highest BCUT2D eigenvalue weighted by atomic mass is 35.5. The number of halogens is 1. The number of hydrogen-bond acceptors (Lipinski definition) is 3. The largest absolute Gasteiger partial charge is 0.337 e. The maximum Gasteiger partial charge on any atom is 0.337 e. The van der Waals surface area contributed by atoms with Crippen LogP contribution in [0.15, 0.2) is 64.2 Å². The van der Waals surface area contributed by atoms with Crippen molar-refractivity contribution in [1.82, 2.24) is 9.13 Å². The van der Waals surface area contributed by atoms with Gasteiger partial charge < -0.3 is 0 Å². The van der Waals surface area contributed by atoms with Gasteiger partial charge in [-0.25, -0.2) is 9.36 Å². The van der Waals surface area contributed by atoms with E-state index in [-0.39, 0.29) is 11.2 Å². The van der Waals surface area contributed by atoms with Gasteiger partial charge in [-0.15, -0.1) is 11.3 Å². The molecule has 2 aromatic carbocycles. The molecule has 136 valence electrons. The molecule has 2 aromatic heterocycles. The van der Waals surface area contributed by atoms with E-state index in [1.807, 2.05) is 44.2 Å². The van der Waals surface area contributed by atoms with Crippen LogP contribution in [0, 0.1) is 13.8 Å². The van der Waals surface area contributed by atoms with Crippen LogP contribution in [0.3, 0.4) is 0 Å². The van der Waals surface area contributed by atoms with Crippen LogP contribution in [-0.4, -0.2) is 9.13 Å². The first kappa shape index (κ1) is 17.8. The number of rotatable bonds is 3. The molecule has 0 radical (unpaired) electrons. The molecule has 2 heterocycles. The second kappa shape index (κ2) is 6.83. The lowest BCUT2D eigenvalue weighted by Crippen LogP contribution is -2.38. The molecule has 0 saturated carbocycles.